The Bertz CT molecular complexity index is 1240. The smallest absolute Gasteiger partial charge is 0.278 e. The summed E-state index contributed by atoms with van der Waals surface area (Å²) in [6.07, 6.45) is 5.24. The zero-order valence-corrected chi connectivity index (χ0v) is 15.0. The first-order valence-corrected chi connectivity index (χ1v) is 9.23. The summed E-state index contributed by atoms with van der Waals surface area (Å²) in [6, 6.07) is 14.3. The van der Waals surface area contributed by atoms with E-state index in [0.717, 1.165) is 10.1 Å². The molecular formula is C22H18N2O4. The molecule has 28 heavy (non-hydrogen) atoms. The van der Waals surface area contributed by atoms with Crippen molar-refractivity contribution in [2.24, 2.45) is 10.9 Å². The lowest BCUT2D eigenvalue weighted by atomic mass is 10.1. The van der Waals surface area contributed by atoms with E-state index in [9.17, 15) is 10.0 Å². The molecule has 2 aromatic heterocycles. The van der Waals surface area contributed by atoms with E-state index in [1.165, 1.54) is 25.2 Å². The van der Waals surface area contributed by atoms with Gasteiger partial charge in [-0.05, 0) is 49.1 Å². The van der Waals surface area contributed by atoms with Gasteiger partial charge in [0.05, 0.1) is 17.5 Å². The molecule has 1 amide bonds. The number of hydrogen-bond acceptors (Lipinski definition) is 4. The second-order valence-corrected chi connectivity index (χ2v) is 7.02. The zero-order valence-electron chi connectivity index (χ0n) is 15.0. The van der Waals surface area contributed by atoms with Gasteiger partial charge in [0.15, 0.2) is 11.3 Å². The first kappa shape index (κ1) is 16.6. The Morgan fingerprint density at radius 1 is 1.14 bits per heavy atom. The molecular weight excluding hydrogens is 356 g/mol. The van der Waals surface area contributed by atoms with Gasteiger partial charge in [0.1, 0.15) is 5.58 Å². The molecule has 0 spiro atoms. The lowest BCUT2D eigenvalue weighted by molar-refractivity contribution is 0.0999. The Morgan fingerprint density at radius 3 is 2.71 bits per heavy atom. The summed E-state index contributed by atoms with van der Waals surface area (Å²) in [7, 11) is 0. The van der Waals surface area contributed by atoms with Crippen LogP contribution in [0.4, 0.5) is 0 Å². The van der Waals surface area contributed by atoms with Crippen LogP contribution in [0.15, 0.2) is 70.3 Å². The third kappa shape index (κ3) is 3.03. The predicted molar refractivity (Wildman–Crippen MR) is 103 cm³/mol. The van der Waals surface area contributed by atoms with Crippen molar-refractivity contribution in [1.82, 2.24) is 4.73 Å². The lowest BCUT2D eigenvalue weighted by Crippen LogP contribution is -2.08. The van der Waals surface area contributed by atoms with Gasteiger partial charge >= 0.3 is 0 Å². The maximum atomic E-state index is 12.9. The van der Waals surface area contributed by atoms with Crippen LogP contribution in [0.25, 0.3) is 21.9 Å². The summed E-state index contributed by atoms with van der Waals surface area (Å²) in [4.78, 5) is 17.1. The highest BCUT2D eigenvalue weighted by molar-refractivity contribution is 6.17. The molecule has 0 unspecified atom stereocenters. The average molecular weight is 374 g/mol. The summed E-state index contributed by atoms with van der Waals surface area (Å²) in [5, 5.41) is 11.4. The SMILES string of the molecule is O=C(N=c1ccn(O)cc1)c1ccc(OCC2CC2)c2oc3ccccc3c12. The minimum Gasteiger partial charge on any atom is -0.489 e. The van der Waals surface area contributed by atoms with E-state index < -0.39 is 0 Å². The van der Waals surface area contributed by atoms with E-state index in [4.69, 9.17) is 9.15 Å². The van der Waals surface area contributed by atoms with E-state index in [1.54, 1.807) is 24.3 Å². The highest BCUT2D eigenvalue weighted by atomic mass is 16.5. The molecule has 1 aliphatic rings. The molecule has 0 atom stereocenters. The Kier molecular flexibility index (Phi) is 3.90. The lowest BCUT2D eigenvalue weighted by Gasteiger charge is -2.07. The van der Waals surface area contributed by atoms with Crippen LogP contribution in [0, 0.1) is 5.92 Å². The first-order valence-electron chi connectivity index (χ1n) is 9.23. The van der Waals surface area contributed by atoms with Crippen molar-refractivity contribution < 1.29 is 19.2 Å². The van der Waals surface area contributed by atoms with Crippen molar-refractivity contribution >= 4 is 27.8 Å². The van der Waals surface area contributed by atoms with Gasteiger partial charge in [-0.2, -0.15) is 0 Å². The van der Waals surface area contributed by atoms with Gasteiger partial charge in [-0.15, -0.1) is 0 Å². The topological polar surface area (TPSA) is 77.0 Å². The fourth-order valence-corrected chi connectivity index (χ4v) is 3.25. The highest BCUT2D eigenvalue weighted by Gasteiger charge is 2.24. The Balaban J connectivity index is 1.65. The van der Waals surface area contributed by atoms with Crippen molar-refractivity contribution in [2.45, 2.75) is 12.8 Å². The summed E-state index contributed by atoms with van der Waals surface area (Å²) >= 11 is 0. The number of aromatic nitrogens is 1. The highest BCUT2D eigenvalue weighted by Crippen LogP contribution is 2.38. The van der Waals surface area contributed by atoms with Gasteiger partial charge < -0.3 is 14.4 Å². The Morgan fingerprint density at radius 2 is 1.93 bits per heavy atom. The zero-order chi connectivity index (χ0) is 19.1. The minimum atomic E-state index is -0.374. The number of hydrogen-bond donors (Lipinski definition) is 1. The normalized spacial score (nSPS) is 13.7. The molecule has 0 aliphatic heterocycles. The first-order chi connectivity index (χ1) is 13.7. The van der Waals surface area contributed by atoms with Crippen LogP contribution in [0.1, 0.15) is 23.2 Å². The van der Waals surface area contributed by atoms with Crippen LogP contribution in [-0.2, 0) is 0 Å². The van der Waals surface area contributed by atoms with Gasteiger partial charge in [-0.25, -0.2) is 9.72 Å². The molecule has 140 valence electrons. The molecule has 5 rings (SSSR count). The van der Waals surface area contributed by atoms with Gasteiger partial charge in [0.2, 0.25) is 0 Å². The number of nitrogens with zero attached hydrogens (tertiary/aromatic N) is 2. The molecule has 0 saturated heterocycles. The standard InChI is InChI=1S/C22H18N2O4/c25-22(23-15-9-11-24(26)12-10-15)17-7-8-19(27-13-14-5-6-14)21-20(17)16-3-1-2-4-18(16)28-21/h1-4,7-12,14,26H,5-6,13H2. The van der Waals surface area contributed by atoms with Crippen LogP contribution >= 0.6 is 0 Å². The number of furan rings is 1. The van der Waals surface area contributed by atoms with Crippen LogP contribution in [0.3, 0.4) is 0 Å². The van der Waals surface area contributed by atoms with Gasteiger partial charge in [-0.1, -0.05) is 18.2 Å². The van der Waals surface area contributed by atoms with E-state index in [-0.39, 0.29) is 5.91 Å². The van der Waals surface area contributed by atoms with E-state index in [0.29, 0.717) is 45.7 Å². The van der Waals surface area contributed by atoms with Crippen LogP contribution in [0.5, 0.6) is 5.75 Å². The number of carbonyl (C=O) groups excluding carboxylic acids is 1. The Hall–Kier alpha value is -3.54. The number of carbonyl (C=O) groups is 1. The van der Waals surface area contributed by atoms with Crippen molar-refractivity contribution in [3.8, 4) is 5.75 Å². The quantitative estimate of drug-likeness (QED) is 0.544. The molecule has 6 nitrogen and oxygen atoms in total. The number of para-hydroxylation sites is 1. The van der Waals surface area contributed by atoms with Crippen molar-refractivity contribution in [3.63, 3.8) is 0 Å². The van der Waals surface area contributed by atoms with E-state index in [1.807, 2.05) is 24.3 Å². The number of pyridine rings is 1. The van der Waals surface area contributed by atoms with Crippen molar-refractivity contribution in [3.05, 3.63) is 71.8 Å². The second-order valence-electron chi connectivity index (χ2n) is 7.02. The van der Waals surface area contributed by atoms with Crippen molar-refractivity contribution in [1.29, 1.82) is 0 Å². The molecule has 4 aromatic rings. The van der Waals surface area contributed by atoms with Gasteiger partial charge in [-0.3, -0.25) is 4.79 Å². The number of benzene rings is 2. The maximum absolute atomic E-state index is 12.9. The molecule has 1 N–H and O–H groups in total. The van der Waals surface area contributed by atoms with Gasteiger partial charge in [0, 0.05) is 23.2 Å². The maximum Gasteiger partial charge on any atom is 0.278 e. The fourth-order valence-electron chi connectivity index (χ4n) is 3.25. The molecule has 2 aromatic carbocycles. The summed E-state index contributed by atoms with van der Waals surface area (Å²) in [6.45, 7) is 0.662. The predicted octanol–water partition coefficient (Wildman–Crippen LogP) is 4.15. The summed E-state index contributed by atoms with van der Waals surface area (Å²) in [5.41, 5.74) is 1.73. The molecule has 0 bridgehead atoms. The van der Waals surface area contributed by atoms with Crippen molar-refractivity contribution in [2.75, 3.05) is 6.61 Å². The van der Waals surface area contributed by atoms with E-state index in [2.05, 4.69) is 4.99 Å². The monoisotopic (exact) mass is 374 g/mol. The van der Waals surface area contributed by atoms with Crippen LogP contribution < -0.4 is 10.1 Å². The number of amides is 1. The molecule has 1 aliphatic carbocycles. The number of ether oxygens (including phenoxy) is 1. The van der Waals surface area contributed by atoms with E-state index >= 15 is 0 Å². The minimum absolute atomic E-state index is 0.374. The number of fused-ring (bicyclic) bond motifs is 3. The molecule has 0 radical (unpaired) electrons. The third-order valence-electron chi connectivity index (χ3n) is 4.92. The molecule has 6 heteroatoms. The van der Waals surface area contributed by atoms with Crippen LogP contribution in [0.2, 0.25) is 0 Å². The van der Waals surface area contributed by atoms with Crippen LogP contribution in [-0.4, -0.2) is 22.5 Å². The third-order valence-corrected chi connectivity index (χ3v) is 4.92. The Labute approximate surface area is 160 Å². The molecule has 1 fully saturated rings. The summed E-state index contributed by atoms with van der Waals surface area (Å²) in [5.74, 6) is 0.889. The van der Waals surface area contributed by atoms with Gasteiger partial charge in [0.25, 0.3) is 5.91 Å². The molecule has 2 heterocycles. The summed E-state index contributed by atoms with van der Waals surface area (Å²) < 4.78 is 12.9. The second kappa shape index (κ2) is 6.56. The molecule has 1 saturated carbocycles. The number of rotatable bonds is 4. The average Bonchev–Trinajstić information content (AvgIpc) is 3.46. The fraction of sp³-hybridized carbons (Fsp3) is 0.182. The largest absolute Gasteiger partial charge is 0.489 e.